The van der Waals surface area contributed by atoms with Gasteiger partial charge in [0.15, 0.2) is 0 Å². The zero-order valence-electron chi connectivity index (χ0n) is 26.8. The number of nitrogens with zero attached hydrogens (tertiary/aromatic N) is 1. The summed E-state index contributed by atoms with van der Waals surface area (Å²) in [6.07, 6.45) is 0.874. The van der Waals surface area contributed by atoms with Gasteiger partial charge >= 0.3 is 0 Å². The van der Waals surface area contributed by atoms with E-state index in [1.54, 1.807) is 0 Å². The number of para-hydroxylation sites is 1. The highest BCUT2D eigenvalue weighted by Gasteiger charge is 2.31. The maximum atomic E-state index is 6.59. The predicted octanol–water partition coefficient (Wildman–Crippen LogP) is 13.0. The molecule has 49 heavy (non-hydrogen) atoms. The third-order valence-corrected chi connectivity index (χ3v) is 12.0. The molecule has 3 heterocycles. The Bertz CT molecular complexity index is 3000. The van der Waals surface area contributed by atoms with E-state index in [9.17, 15) is 0 Å². The van der Waals surface area contributed by atoms with Gasteiger partial charge in [-0.05, 0) is 106 Å². The molecule has 0 fully saturated rings. The van der Waals surface area contributed by atoms with E-state index in [2.05, 4.69) is 146 Å². The number of aryl methyl sites for hydroxylation is 1. The number of benzene rings is 7. The summed E-state index contributed by atoms with van der Waals surface area (Å²) >= 11 is 1.86. The lowest BCUT2D eigenvalue weighted by Gasteiger charge is -2.31. The zero-order chi connectivity index (χ0) is 32.2. The number of fused-ring (bicyclic) bond motifs is 11. The molecule has 0 saturated carbocycles. The fourth-order valence-corrected chi connectivity index (χ4v) is 9.60. The van der Waals surface area contributed by atoms with Crippen molar-refractivity contribution in [1.82, 2.24) is 4.98 Å². The van der Waals surface area contributed by atoms with Gasteiger partial charge in [-0.25, -0.2) is 4.98 Å². The fraction of sp³-hybridized carbons (Fsp3) is 0.0652. The van der Waals surface area contributed by atoms with Gasteiger partial charge in [-0.15, -0.1) is 11.3 Å². The molecule has 2 nitrogen and oxygen atoms in total. The van der Waals surface area contributed by atoms with Crippen LogP contribution in [0.3, 0.4) is 0 Å². The number of aromatic nitrogens is 1. The molecule has 0 bridgehead atoms. The van der Waals surface area contributed by atoms with E-state index in [0.29, 0.717) is 0 Å². The van der Waals surface area contributed by atoms with Crippen LogP contribution in [0.4, 0.5) is 0 Å². The quantitative estimate of drug-likeness (QED) is 0.187. The molecule has 230 valence electrons. The average molecular weight is 644 g/mol. The topological polar surface area (TPSA) is 26.0 Å². The van der Waals surface area contributed by atoms with E-state index in [-0.39, 0.29) is 5.92 Å². The molecule has 1 aliphatic carbocycles. The summed E-state index contributed by atoms with van der Waals surface area (Å²) in [7, 11) is 0. The standard InChI is InChI=1S/C46H29NOS/c1-26-31-12-6-8-16-40(31)47-46(29-18-19-44-38(21-29)34-15-7-9-17-43(34)49-44)45(26)39-22-30-24-42-37(25-35(30)32-13-4-5-14-33(32)39)36-20-27-10-2-3-11-28(27)23-41(36)48-42/h2-21,23-25,39H,22H2,1H3. The van der Waals surface area contributed by atoms with E-state index in [4.69, 9.17) is 9.40 Å². The summed E-state index contributed by atoms with van der Waals surface area (Å²) < 4.78 is 9.22. The van der Waals surface area contributed by atoms with Crippen molar-refractivity contribution in [3.05, 3.63) is 162 Å². The number of pyridine rings is 1. The van der Waals surface area contributed by atoms with Gasteiger partial charge in [-0.3, -0.25) is 0 Å². The van der Waals surface area contributed by atoms with E-state index in [0.717, 1.165) is 28.8 Å². The number of rotatable bonds is 2. The Labute approximate surface area is 286 Å². The van der Waals surface area contributed by atoms with Crippen molar-refractivity contribution in [3.63, 3.8) is 0 Å². The van der Waals surface area contributed by atoms with Crippen molar-refractivity contribution in [3.8, 4) is 22.4 Å². The first-order valence-corrected chi connectivity index (χ1v) is 17.8. The normalized spacial score (nSPS) is 14.3. The van der Waals surface area contributed by atoms with Crippen LogP contribution in [0, 0.1) is 6.92 Å². The maximum Gasteiger partial charge on any atom is 0.136 e. The van der Waals surface area contributed by atoms with Crippen LogP contribution in [0.5, 0.6) is 0 Å². The number of thiophene rings is 1. The lowest BCUT2D eigenvalue weighted by molar-refractivity contribution is 0.667. The molecule has 0 amide bonds. The van der Waals surface area contributed by atoms with Gasteiger partial charge < -0.3 is 4.42 Å². The summed E-state index contributed by atoms with van der Waals surface area (Å²) in [6, 6.07) is 51.0. The second-order valence-electron chi connectivity index (χ2n) is 13.5. The summed E-state index contributed by atoms with van der Waals surface area (Å²) in [5, 5.41) is 8.60. The third kappa shape index (κ3) is 3.97. The van der Waals surface area contributed by atoms with Crippen LogP contribution >= 0.6 is 11.3 Å². The molecule has 0 N–H and O–H groups in total. The summed E-state index contributed by atoms with van der Waals surface area (Å²) in [5.41, 5.74) is 13.1. The monoisotopic (exact) mass is 643 g/mol. The molecule has 0 radical (unpaired) electrons. The third-order valence-electron chi connectivity index (χ3n) is 10.8. The van der Waals surface area contributed by atoms with Crippen LogP contribution < -0.4 is 0 Å². The summed E-state index contributed by atoms with van der Waals surface area (Å²) in [5.74, 6) is 0.134. The molecule has 0 spiro atoms. The number of furan rings is 1. The van der Waals surface area contributed by atoms with Crippen molar-refractivity contribution in [1.29, 1.82) is 0 Å². The van der Waals surface area contributed by atoms with E-state index >= 15 is 0 Å². The van der Waals surface area contributed by atoms with E-state index in [1.165, 1.54) is 86.0 Å². The molecule has 3 heteroatoms. The highest BCUT2D eigenvalue weighted by atomic mass is 32.1. The van der Waals surface area contributed by atoms with Crippen molar-refractivity contribution in [2.45, 2.75) is 19.3 Å². The Morgan fingerprint density at radius 2 is 1.31 bits per heavy atom. The van der Waals surface area contributed by atoms with Crippen molar-refractivity contribution < 1.29 is 4.42 Å². The van der Waals surface area contributed by atoms with E-state index in [1.807, 2.05) is 11.3 Å². The molecular formula is C46H29NOS. The van der Waals surface area contributed by atoms with Gasteiger partial charge in [0.25, 0.3) is 0 Å². The smallest absolute Gasteiger partial charge is 0.136 e. The molecule has 0 aliphatic heterocycles. The lowest BCUT2D eigenvalue weighted by atomic mass is 9.73. The predicted molar refractivity (Wildman–Crippen MR) is 207 cm³/mol. The minimum atomic E-state index is 0.134. The molecule has 10 aromatic rings. The minimum Gasteiger partial charge on any atom is -0.456 e. The highest BCUT2D eigenvalue weighted by Crippen LogP contribution is 2.49. The zero-order valence-corrected chi connectivity index (χ0v) is 27.6. The van der Waals surface area contributed by atoms with Gasteiger partial charge in [0.1, 0.15) is 11.2 Å². The Balaban J connectivity index is 1.16. The van der Waals surface area contributed by atoms with Crippen LogP contribution in [0.25, 0.3) is 86.2 Å². The first kappa shape index (κ1) is 27.2. The Hall–Kier alpha value is -5.77. The molecule has 3 aromatic heterocycles. The fourth-order valence-electron chi connectivity index (χ4n) is 8.51. The van der Waals surface area contributed by atoms with Gasteiger partial charge in [-0.2, -0.15) is 0 Å². The van der Waals surface area contributed by atoms with Crippen LogP contribution in [0.1, 0.15) is 28.2 Å². The average Bonchev–Trinajstić information content (AvgIpc) is 3.69. The second-order valence-corrected chi connectivity index (χ2v) is 14.6. The molecule has 7 aromatic carbocycles. The van der Waals surface area contributed by atoms with Crippen LogP contribution in [-0.2, 0) is 6.42 Å². The SMILES string of the molecule is Cc1c(C2Cc3cc4oc5cc6ccccc6cc5c4cc3-c3ccccc32)c(-c2ccc3sc4ccccc4c3c2)nc2ccccc12. The van der Waals surface area contributed by atoms with Crippen molar-refractivity contribution in [2.24, 2.45) is 0 Å². The Kier molecular flexibility index (Phi) is 5.62. The van der Waals surface area contributed by atoms with Gasteiger partial charge in [0, 0.05) is 47.8 Å². The summed E-state index contributed by atoms with van der Waals surface area (Å²) in [4.78, 5) is 5.47. The van der Waals surface area contributed by atoms with Gasteiger partial charge in [0.05, 0.1) is 11.2 Å². The molecule has 1 aliphatic rings. The molecule has 1 unspecified atom stereocenters. The van der Waals surface area contributed by atoms with Gasteiger partial charge in [0.2, 0.25) is 0 Å². The largest absolute Gasteiger partial charge is 0.456 e. The maximum absolute atomic E-state index is 6.59. The molecule has 1 atom stereocenters. The Morgan fingerprint density at radius 1 is 0.592 bits per heavy atom. The molecule has 11 rings (SSSR count). The Morgan fingerprint density at radius 3 is 2.22 bits per heavy atom. The van der Waals surface area contributed by atoms with Crippen molar-refractivity contribution in [2.75, 3.05) is 0 Å². The van der Waals surface area contributed by atoms with Crippen molar-refractivity contribution >= 4 is 75.1 Å². The van der Waals surface area contributed by atoms with Crippen LogP contribution in [-0.4, -0.2) is 4.98 Å². The molecule has 0 saturated heterocycles. The number of hydrogen-bond acceptors (Lipinski definition) is 3. The lowest BCUT2D eigenvalue weighted by Crippen LogP contribution is -2.15. The van der Waals surface area contributed by atoms with E-state index < -0.39 is 0 Å². The number of hydrogen-bond donors (Lipinski definition) is 0. The van der Waals surface area contributed by atoms with Crippen LogP contribution in [0.2, 0.25) is 0 Å². The van der Waals surface area contributed by atoms with Crippen LogP contribution in [0.15, 0.2) is 144 Å². The first-order valence-electron chi connectivity index (χ1n) is 17.0. The minimum absolute atomic E-state index is 0.134. The highest BCUT2D eigenvalue weighted by molar-refractivity contribution is 7.25. The second kappa shape index (κ2) is 10.1. The first-order chi connectivity index (χ1) is 24.2. The summed E-state index contributed by atoms with van der Waals surface area (Å²) in [6.45, 7) is 2.30. The van der Waals surface area contributed by atoms with Gasteiger partial charge in [-0.1, -0.05) is 91.0 Å². The molecular weight excluding hydrogens is 615 g/mol.